The van der Waals surface area contributed by atoms with E-state index in [1.807, 2.05) is 0 Å². The fourth-order valence-electron chi connectivity index (χ4n) is 1.68. The van der Waals surface area contributed by atoms with Crippen LogP contribution >= 0.6 is 0 Å². The number of amides is 1. The molecule has 2 atom stereocenters. The molecule has 17 heavy (non-hydrogen) atoms. The Morgan fingerprint density at radius 3 is 2.59 bits per heavy atom. The molecule has 0 heterocycles. The molecule has 4 N–H and O–H groups in total. The summed E-state index contributed by atoms with van der Waals surface area (Å²) in [6.07, 6.45) is 4.84. The van der Waals surface area contributed by atoms with Crippen LogP contribution in [0.5, 0.6) is 0 Å². The number of hydrogen-bond acceptors (Lipinski definition) is 3. The molecule has 4 nitrogen and oxygen atoms in total. The molecule has 0 spiro atoms. The number of primary amides is 1. The van der Waals surface area contributed by atoms with E-state index in [-0.39, 0.29) is 0 Å². The van der Waals surface area contributed by atoms with Crippen molar-refractivity contribution >= 4 is 5.91 Å². The van der Waals surface area contributed by atoms with E-state index < -0.39 is 11.4 Å². The second-order valence-corrected chi connectivity index (χ2v) is 5.21. The van der Waals surface area contributed by atoms with Crippen molar-refractivity contribution in [3.63, 3.8) is 0 Å². The van der Waals surface area contributed by atoms with Gasteiger partial charge in [0.05, 0.1) is 5.54 Å². The lowest BCUT2D eigenvalue weighted by molar-refractivity contribution is -0.122. The molecule has 0 saturated heterocycles. The molecule has 0 bridgehead atoms. The van der Waals surface area contributed by atoms with Gasteiger partial charge in [-0.05, 0) is 38.5 Å². The summed E-state index contributed by atoms with van der Waals surface area (Å²) in [6, 6.07) is 0. The molecular weight excluding hydrogens is 216 g/mol. The number of unbranched alkanes of at least 4 members (excludes halogenated alkanes) is 1. The van der Waals surface area contributed by atoms with Crippen molar-refractivity contribution in [2.45, 2.75) is 58.4 Å². The summed E-state index contributed by atoms with van der Waals surface area (Å²) in [5.74, 6) is 0.195. The lowest BCUT2D eigenvalue weighted by Crippen LogP contribution is -2.49. The van der Waals surface area contributed by atoms with Crippen LogP contribution < -0.4 is 11.5 Å². The Morgan fingerprint density at radius 1 is 1.41 bits per heavy atom. The van der Waals surface area contributed by atoms with Gasteiger partial charge >= 0.3 is 0 Å². The largest absolute Gasteiger partial charge is 0.381 e. The lowest BCUT2D eigenvalue weighted by atomic mass is 9.96. The first-order valence-corrected chi connectivity index (χ1v) is 6.56. The molecule has 0 aliphatic heterocycles. The molecule has 1 amide bonds. The van der Waals surface area contributed by atoms with Crippen molar-refractivity contribution in [1.29, 1.82) is 0 Å². The standard InChI is InChI=1S/C13H28N2O2/c1-4-7-11(2)10-17-9-6-5-8-13(3,15)12(14)16/h11H,4-10,15H2,1-3H3,(H2,14,16). The Labute approximate surface area is 105 Å². The van der Waals surface area contributed by atoms with E-state index in [0.717, 1.165) is 26.1 Å². The molecule has 0 radical (unpaired) electrons. The van der Waals surface area contributed by atoms with Crippen LogP contribution in [-0.2, 0) is 9.53 Å². The maximum atomic E-state index is 11.0. The van der Waals surface area contributed by atoms with E-state index >= 15 is 0 Å². The fraction of sp³-hybridized carbons (Fsp3) is 0.923. The highest BCUT2D eigenvalue weighted by molar-refractivity contribution is 5.83. The van der Waals surface area contributed by atoms with Crippen LogP contribution in [0.1, 0.15) is 52.9 Å². The molecule has 0 saturated carbocycles. The van der Waals surface area contributed by atoms with Gasteiger partial charge < -0.3 is 16.2 Å². The Bertz CT molecular complexity index is 217. The predicted molar refractivity (Wildman–Crippen MR) is 70.5 cm³/mol. The summed E-state index contributed by atoms with van der Waals surface area (Å²) in [5.41, 5.74) is 10.1. The lowest BCUT2D eigenvalue weighted by Gasteiger charge is -2.20. The van der Waals surface area contributed by atoms with E-state index in [0.29, 0.717) is 12.3 Å². The van der Waals surface area contributed by atoms with E-state index in [1.54, 1.807) is 6.92 Å². The first-order valence-electron chi connectivity index (χ1n) is 6.56. The number of carbonyl (C=O) groups is 1. The number of hydrogen-bond donors (Lipinski definition) is 2. The average molecular weight is 244 g/mol. The highest BCUT2D eigenvalue weighted by Gasteiger charge is 2.24. The Balaban J connectivity index is 3.44. The zero-order valence-corrected chi connectivity index (χ0v) is 11.5. The van der Waals surface area contributed by atoms with Crippen molar-refractivity contribution in [2.75, 3.05) is 13.2 Å². The summed E-state index contributed by atoms with van der Waals surface area (Å²) in [5, 5.41) is 0. The van der Waals surface area contributed by atoms with Gasteiger partial charge in [0.2, 0.25) is 5.91 Å². The molecule has 0 aromatic heterocycles. The monoisotopic (exact) mass is 244 g/mol. The molecule has 0 aliphatic rings. The number of ether oxygens (including phenoxy) is 1. The first-order chi connectivity index (χ1) is 7.90. The van der Waals surface area contributed by atoms with Gasteiger partial charge in [0.25, 0.3) is 0 Å². The van der Waals surface area contributed by atoms with Gasteiger partial charge in [-0.15, -0.1) is 0 Å². The minimum absolute atomic E-state index is 0.435. The van der Waals surface area contributed by atoms with E-state index in [9.17, 15) is 4.79 Å². The predicted octanol–water partition coefficient (Wildman–Crippen LogP) is 1.81. The zero-order chi connectivity index (χ0) is 13.3. The van der Waals surface area contributed by atoms with Crippen molar-refractivity contribution in [2.24, 2.45) is 17.4 Å². The Kier molecular flexibility index (Phi) is 8.17. The van der Waals surface area contributed by atoms with Crippen LogP contribution in [-0.4, -0.2) is 24.7 Å². The molecule has 4 heteroatoms. The second-order valence-electron chi connectivity index (χ2n) is 5.21. The van der Waals surface area contributed by atoms with Gasteiger partial charge in [-0.2, -0.15) is 0 Å². The van der Waals surface area contributed by atoms with Gasteiger partial charge in [-0.1, -0.05) is 20.3 Å². The second kappa shape index (κ2) is 8.48. The number of carbonyl (C=O) groups excluding carboxylic acids is 1. The maximum Gasteiger partial charge on any atom is 0.237 e. The first kappa shape index (κ1) is 16.4. The normalized spacial score (nSPS) is 16.5. The minimum atomic E-state index is -0.879. The minimum Gasteiger partial charge on any atom is -0.381 e. The van der Waals surface area contributed by atoms with E-state index in [1.165, 1.54) is 12.8 Å². The van der Waals surface area contributed by atoms with Crippen LogP contribution in [0.15, 0.2) is 0 Å². The van der Waals surface area contributed by atoms with Crippen LogP contribution in [0.4, 0.5) is 0 Å². The van der Waals surface area contributed by atoms with Crippen LogP contribution in [0.2, 0.25) is 0 Å². The van der Waals surface area contributed by atoms with Gasteiger partial charge in [-0.3, -0.25) is 4.79 Å². The molecule has 0 rings (SSSR count). The molecular formula is C13H28N2O2. The van der Waals surface area contributed by atoms with Crippen molar-refractivity contribution in [1.82, 2.24) is 0 Å². The topological polar surface area (TPSA) is 78.3 Å². The van der Waals surface area contributed by atoms with Crippen LogP contribution in [0, 0.1) is 5.92 Å². The molecule has 102 valence electrons. The molecule has 0 aromatic rings. The smallest absolute Gasteiger partial charge is 0.237 e. The molecule has 0 aliphatic carbocycles. The summed E-state index contributed by atoms with van der Waals surface area (Å²) >= 11 is 0. The van der Waals surface area contributed by atoms with Gasteiger partial charge in [0, 0.05) is 13.2 Å². The third-order valence-corrected chi connectivity index (χ3v) is 2.98. The molecule has 0 aromatic carbocycles. The number of rotatable bonds is 10. The summed E-state index contributed by atoms with van der Waals surface area (Å²) in [6.45, 7) is 7.63. The van der Waals surface area contributed by atoms with Crippen molar-refractivity contribution < 1.29 is 9.53 Å². The third-order valence-electron chi connectivity index (χ3n) is 2.98. The van der Waals surface area contributed by atoms with Crippen molar-refractivity contribution in [3.8, 4) is 0 Å². The Hall–Kier alpha value is -0.610. The SMILES string of the molecule is CCCC(C)COCCCCC(C)(N)C(N)=O. The summed E-state index contributed by atoms with van der Waals surface area (Å²) in [4.78, 5) is 11.0. The third kappa shape index (κ3) is 8.16. The van der Waals surface area contributed by atoms with Crippen LogP contribution in [0.25, 0.3) is 0 Å². The van der Waals surface area contributed by atoms with Gasteiger partial charge in [-0.25, -0.2) is 0 Å². The average Bonchev–Trinajstić information content (AvgIpc) is 2.23. The van der Waals surface area contributed by atoms with E-state index in [4.69, 9.17) is 16.2 Å². The highest BCUT2D eigenvalue weighted by Crippen LogP contribution is 2.10. The summed E-state index contributed by atoms with van der Waals surface area (Å²) in [7, 11) is 0. The maximum absolute atomic E-state index is 11.0. The molecule has 2 unspecified atom stereocenters. The van der Waals surface area contributed by atoms with Crippen molar-refractivity contribution in [3.05, 3.63) is 0 Å². The fourth-order valence-corrected chi connectivity index (χ4v) is 1.68. The quantitative estimate of drug-likeness (QED) is 0.575. The number of nitrogens with two attached hydrogens (primary N) is 2. The van der Waals surface area contributed by atoms with E-state index in [2.05, 4.69) is 13.8 Å². The summed E-state index contributed by atoms with van der Waals surface area (Å²) < 4.78 is 5.57. The Morgan fingerprint density at radius 2 is 2.06 bits per heavy atom. The molecule has 0 fully saturated rings. The van der Waals surface area contributed by atoms with Gasteiger partial charge in [0.1, 0.15) is 0 Å². The zero-order valence-electron chi connectivity index (χ0n) is 11.5. The van der Waals surface area contributed by atoms with Crippen LogP contribution in [0.3, 0.4) is 0 Å². The highest BCUT2D eigenvalue weighted by atomic mass is 16.5. The van der Waals surface area contributed by atoms with Gasteiger partial charge in [0.15, 0.2) is 0 Å².